The fraction of sp³-hybridized carbons (Fsp3) is 0.130. The van der Waals surface area contributed by atoms with Crippen LogP contribution in [0.2, 0.25) is 10.0 Å². The van der Waals surface area contributed by atoms with Crippen LogP contribution in [0.3, 0.4) is 0 Å². The van der Waals surface area contributed by atoms with Crippen LogP contribution in [-0.2, 0) is 16.1 Å². The quantitative estimate of drug-likeness (QED) is 0.400. The first kappa shape index (κ1) is 21.3. The van der Waals surface area contributed by atoms with Crippen LogP contribution in [0.1, 0.15) is 5.56 Å². The Bertz CT molecular complexity index is 978. The van der Waals surface area contributed by atoms with Crippen molar-refractivity contribution in [2.24, 2.45) is 0 Å². The average molecular weight is 474 g/mol. The van der Waals surface area contributed by atoms with Crippen molar-refractivity contribution in [3.63, 3.8) is 0 Å². The summed E-state index contributed by atoms with van der Waals surface area (Å²) in [6, 6.07) is 24.2. The van der Waals surface area contributed by atoms with Gasteiger partial charge in [0, 0.05) is 19.8 Å². The maximum Gasteiger partial charge on any atom is 0.244 e. The van der Waals surface area contributed by atoms with E-state index < -0.39 is 10.5 Å². The number of nitrogens with zero attached hydrogens (tertiary/aromatic N) is 1. The summed E-state index contributed by atoms with van der Waals surface area (Å²) in [6.45, 7) is 0.272. The zero-order chi connectivity index (χ0) is 21.1. The summed E-state index contributed by atoms with van der Waals surface area (Å²) in [5, 5.41) is 0.211. The van der Waals surface area contributed by atoms with Crippen LogP contribution in [0.4, 0.5) is 0 Å². The first-order chi connectivity index (χ1) is 14.5. The Kier molecular flexibility index (Phi) is 6.74. The maximum absolute atomic E-state index is 13.3. The molecule has 0 radical (unpaired) electrons. The van der Waals surface area contributed by atoms with E-state index in [-0.39, 0.29) is 18.4 Å². The van der Waals surface area contributed by atoms with Crippen molar-refractivity contribution < 1.29 is 9.59 Å². The second-order valence-corrected chi connectivity index (χ2v) is 10.0. The number of thioether (sulfide) groups is 2. The van der Waals surface area contributed by atoms with E-state index in [1.54, 1.807) is 24.3 Å². The van der Waals surface area contributed by atoms with Gasteiger partial charge in [-0.05, 0) is 54.1 Å². The predicted octanol–water partition coefficient (Wildman–Crippen LogP) is 6.18. The molecule has 1 saturated heterocycles. The van der Waals surface area contributed by atoms with E-state index in [1.807, 2.05) is 54.6 Å². The van der Waals surface area contributed by atoms with Gasteiger partial charge in [0.25, 0.3) is 0 Å². The Hall–Kier alpha value is -1.92. The maximum atomic E-state index is 13.3. The molecule has 1 heterocycles. The van der Waals surface area contributed by atoms with Crippen LogP contribution in [0.5, 0.6) is 0 Å². The molecule has 2 atom stereocenters. The van der Waals surface area contributed by atoms with Crippen molar-refractivity contribution in [1.29, 1.82) is 0 Å². The van der Waals surface area contributed by atoms with Gasteiger partial charge in [-0.2, -0.15) is 0 Å². The number of halogens is 2. The molecular weight excluding hydrogens is 457 g/mol. The number of carbonyl (C=O) groups is 2. The van der Waals surface area contributed by atoms with Gasteiger partial charge in [0.05, 0.1) is 6.54 Å². The first-order valence-corrected chi connectivity index (χ1v) is 11.8. The van der Waals surface area contributed by atoms with Crippen molar-refractivity contribution in [2.75, 3.05) is 0 Å². The third-order valence-corrected chi connectivity index (χ3v) is 7.85. The molecular formula is C23H17Cl2NO2S2. The summed E-state index contributed by atoms with van der Waals surface area (Å²) in [6.07, 6.45) is 0. The molecule has 0 saturated carbocycles. The summed E-state index contributed by atoms with van der Waals surface area (Å²) in [7, 11) is 0. The minimum atomic E-state index is -0.525. The van der Waals surface area contributed by atoms with E-state index in [0.29, 0.717) is 10.0 Å². The Morgan fingerprint density at radius 2 is 1.10 bits per heavy atom. The molecule has 3 nitrogen and oxygen atoms in total. The van der Waals surface area contributed by atoms with Crippen LogP contribution in [-0.4, -0.2) is 27.2 Å². The molecule has 3 aromatic carbocycles. The van der Waals surface area contributed by atoms with Gasteiger partial charge in [-0.3, -0.25) is 14.5 Å². The summed E-state index contributed by atoms with van der Waals surface area (Å²) in [4.78, 5) is 29.7. The van der Waals surface area contributed by atoms with E-state index in [2.05, 4.69) is 0 Å². The van der Waals surface area contributed by atoms with Gasteiger partial charge >= 0.3 is 0 Å². The number of likely N-dealkylation sites (tertiary alicyclic amines) is 1. The fourth-order valence-corrected chi connectivity index (χ4v) is 5.83. The molecule has 0 N–H and O–H groups in total. The van der Waals surface area contributed by atoms with Gasteiger partial charge in [0.1, 0.15) is 10.5 Å². The monoisotopic (exact) mass is 473 g/mol. The minimum Gasteiger partial charge on any atom is -0.276 e. The highest BCUT2D eigenvalue weighted by molar-refractivity contribution is 8.05. The molecule has 1 fully saturated rings. The van der Waals surface area contributed by atoms with Gasteiger partial charge < -0.3 is 0 Å². The van der Waals surface area contributed by atoms with Crippen molar-refractivity contribution in [1.82, 2.24) is 4.90 Å². The van der Waals surface area contributed by atoms with Crippen LogP contribution >= 0.6 is 46.7 Å². The third kappa shape index (κ3) is 4.86. The molecule has 0 bridgehead atoms. The van der Waals surface area contributed by atoms with E-state index in [1.165, 1.54) is 28.4 Å². The molecule has 1 aliphatic rings. The zero-order valence-electron chi connectivity index (χ0n) is 15.7. The Morgan fingerprint density at radius 3 is 1.53 bits per heavy atom. The normalized spacial score (nSPS) is 18.8. The third-order valence-electron chi connectivity index (χ3n) is 4.63. The van der Waals surface area contributed by atoms with Gasteiger partial charge in [0.2, 0.25) is 11.8 Å². The largest absolute Gasteiger partial charge is 0.276 e. The summed E-state index contributed by atoms with van der Waals surface area (Å²) in [5.41, 5.74) is 0.923. The molecule has 0 spiro atoms. The molecule has 7 heteroatoms. The Balaban J connectivity index is 1.61. The van der Waals surface area contributed by atoms with E-state index in [4.69, 9.17) is 23.2 Å². The van der Waals surface area contributed by atoms with Crippen molar-refractivity contribution >= 4 is 58.5 Å². The lowest BCUT2D eigenvalue weighted by Gasteiger charge is -2.14. The van der Waals surface area contributed by atoms with Crippen LogP contribution in [0, 0.1) is 0 Å². The molecule has 0 aromatic heterocycles. The number of amides is 2. The molecule has 0 unspecified atom stereocenters. The number of carbonyl (C=O) groups excluding carboxylic acids is 2. The molecule has 0 aliphatic carbocycles. The molecule has 2 amide bonds. The second kappa shape index (κ2) is 9.48. The number of rotatable bonds is 6. The lowest BCUT2D eigenvalue weighted by atomic mass is 10.2. The van der Waals surface area contributed by atoms with E-state index >= 15 is 0 Å². The lowest BCUT2D eigenvalue weighted by Crippen LogP contribution is -2.31. The van der Waals surface area contributed by atoms with Gasteiger partial charge in [-0.15, -0.1) is 23.5 Å². The highest BCUT2D eigenvalue weighted by Gasteiger charge is 2.48. The Morgan fingerprint density at radius 1 is 0.667 bits per heavy atom. The van der Waals surface area contributed by atoms with Crippen LogP contribution < -0.4 is 0 Å². The molecule has 3 aromatic rings. The van der Waals surface area contributed by atoms with Crippen molar-refractivity contribution in [3.8, 4) is 0 Å². The topological polar surface area (TPSA) is 37.4 Å². The number of benzene rings is 3. The lowest BCUT2D eigenvalue weighted by molar-refractivity contribution is -0.138. The highest BCUT2D eigenvalue weighted by Crippen LogP contribution is 2.41. The predicted molar refractivity (Wildman–Crippen MR) is 124 cm³/mol. The SMILES string of the molecule is O=C1[C@@H](Sc2ccc(Cl)cc2)[C@@H](Sc2ccc(Cl)cc2)C(=O)N1Cc1ccccc1. The van der Waals surface area contributed by atoms with Crippen LogP contribution in [0.25, 0.3) is 0 Å². The Labute approximate surface area is 193 Å². The summed E-state index contributed by atoms with van der Waals surface area (Å²) < 4.78 is 0. The zero-order valence-corrected chi connectivity index (χ0v) is 18.8. The number of imide groups is 1. The van der Waals surface area contributed by atoms with Crippen molar-refractivity contribution in [2.45, 2.75) is 26.8 Å². The summed E-state index contributed by atoms with van der Waals surface area (Å²) >= 11 is 14.8. The van der Waals surface area contributed by atoms with Gasteiger partial charge in [-0.25, -0.2) is 0 Å². The van der Waals surface area contributed by atoms with Gasteiger partial charge in [0.15, 0.2) is 0 Å². The minimum absolute atomic E-state index is 0.171. The summed E-state index contributed by atoms with van der Waals surface area (Å²) in [5.74, 6) is -0.342. The van der Waals surface area contributed by atoms with Crippen LogP contribution in [0.15, 0.2) is 88.7 Å². The molecule has 30 heavy (non-hydrogen) atoms. The molecule has 1 aliphatic heterocycles. The van der Waals surface area contributed by atoms with Gasteiger partial charge in [-0.1, -0.05) is 53.5 Å². The number of hydrogen-bond acceptors (Lipinski definition) is 4. The molecule has 152 valence electrons. The average Bonchev–Trinajstić information content (AvgIpc) is 2.96. The molecule has 4 rings (SSSR count). The second-order valence-electron chi connectivity index (χ2n) is 6.73. The number of hydrogen-bond donors (Lipinski definition) is 0. The smallest absolute Gasteiger partial charge is 0.244 e. The van der Waals surface area contributed by atoms with Crippen molar-refractivity contribution in [3.05, 3.63) is 94.5 Å². The fourth-order valence-electron chi connectivity index (χ4n) is 3.14. The first-order valence-electron chi connectivity index (χ1n) is 9.25. The van der Waals surface area contributed by atoms with E-state index in [0.717, 1.165) is 15.4 Å². The highest BCUT2D eigenvalue weighted by atomic mass is 35.5. The standard InChI is InChI=1S/C23H17Cl2NO2S2/c24-16-6-10-18(11-7-16)29-20-21(30-19-12-8-17(25)9-13-19)23(28)26(22(20)27)14-15-4-2-1-3-5-15/h1-13,20-21H,14H2/t20-,21+. The van der Waals surface area contributed by atoms with E-state index in [9.17, 15) is 9.59 Å².